The monoisotopic (exact) mass is 265 g/mol. The molecule has 98 valence electrons. The first-order valence-electron chi connectivity index (χ1n) is 6.74. The Bertz CT molecular complexity index is 415. The predicted octanol–water partition coefficient (Wildman–Crippen LogP) is 3.79. The second-order valence-corrected chi connectivity index (χ2v) is 5.37. The molecule has 1 aliphatic rings. The summed E-state index contributed by atoms with van der Waals surface area (Å²) in [6.45, 7) is 3.72. The van der Waals surface area contributed by atoms with E-state index in [0.717, 1.165) is 13.0 Å². The van der Waals surface area contributed by atoms with Gasteiger partial charge in [0.1, 0.15) is 0 Å². The number of unbranched alkanes of at least 4 members (excludes halogenated alkanes) is 1. The van der Waals surface area contributed by atoms with Crippen LogP contribution in [0, 0.1) is 0 Å². The van der Waals surface area contributed by atoms with Crippen molar-refractivity contribution in [2.75, 3.05) is 13.1 Å². The van der Waals surface area contributed by atoms with Crippen LogP contribution in [0.4, 0.5) is 0 Å². The maximum absolute atomic E-state index is 12.2. The van der Waals surface area contributed by atoms with Gasteiger partial charge in [0.2, 0.25) is 0 Å². The Morgan fingerprint density at radius 3 is 2.72 bits per heavy atom. The van der Waals surface area contributed by atoms with E-state index in [1.165, 1.54) is 19.3 Å². The molecule has 0 saturated heterocycles. The maximum atomic E-state index is 12.2. The van der Waals surface area contributed by atoms with Crippen LogP contribution in [-0.4, -0.2) is 29.8 Å². The van der Waals surface area contributed by atoms with Crippen LogP contribution < -0.4 is 0 Å². The lowest BCUT2D eigenvalue weighted by Crippen LogP contribution is -2.33. The van der Waals surface area contributed by atoms with E-state index >= 15 is 0 Å². The van der Waals surface area contributed by atoms with Gasteiger partial charge in [-0.25, -0.2) is 0 Å². The number of rotatable bonds is 7. The lowest BCUT2D eigenvalue weighted by Gasteiger charge is -2.21. The second kappa shape index (κ2) is 6.35. The minimum Gasteiger partial charge on any atom is -0.293 e. The van der Waals surface area contributed by atoms with Crippen LogP contribution in [0.15, 0.2) is 24.3 Å². The number of carbonyl (C=O) groups is 1. The van der Waals surface area contributed by atoms with Crippen LogP contribution >= 0.6 is 11.6 Å². The highest BCUT2D eigenvalue weighted by atomic mass is 35.5. The molecule has 1 saturated carbocycles. The molecule has 3 heteroatoms. The molecule has 2 nitrogen and oxygen atoms in total. The van der Waals surface area contributed by atoms with Crippen molar-refractivity contribution >= 4 is 17.4 Å². The molecular weight excluding hydrogens is 246 g/mol. The molecule has 1 aromatic carbocycles. The molecule has 1 fully saturated rings. The molecule has 0 unspecified atom stereocenters. The van der Waals surface area contributed by atoms with Gasteiger partial charge in [-0.3, -0.25) is 9.69 Å². The second-order valence-electron chi connectivity index (χ2n) is 4.96. The zero-order valence-electron chi connectivity index (χ0n) is 10.9. The molecule has 0 atom stereocenters. The number of ketones is 1. The van der Waals surface area contributed by atoms with Gasteiger partial charge in [-0.05, 0) is 37.9 Å². The number of carbonyl (C=O) groups excluding carboxylic acids is 1. The molecule has 2 rings (SSSR count). The minimum absolute atomic E-state index is 0.142. The zero-order valence-corrected chi connectivity index (χ0v) is 11.6. The van der Waals surface area contributed by atoms with Crippen molar-refractivity contribution in [3.05, 3.63) is 34.9 Å². The molecule has 0 radical (unpaired) electrons. The Hall–Kier alpha value is -0.860. The third-order valence-electron chi connectivity index (χ3n) is 3.38. The molecule has 1 aliphatic carbocycles. The van der Waals surface area contributed by atoms with Gasteiger partial charge in [-0.15, -0.1) is 0 Å². The first-order chi connectivity index (χ1) is 8.72. The van der Waals surface area contributed by atoms with Gasteiger partial charge < -0.3 is 0 Å². The van der Waals surface area contributed by atoms with Crippen molar-refractivity contribution in [2.45, 2.75) is 38.6 Å². The number of hydrogen-bond acceptors (Lipinski definition) is 2. The van der Waals surface area contributed by atoms with Gasteiger partial charge in [0, 0.05) is 11.6 Å². The molecule has 0 aliphatic heterocycles. The summed E-state index contributed by atoms with van der Waals surface area (Å²) in [7, 11) is 0. The SMILES string of the molecule is CCCCN(CC(=O)c1ccccc1Cl)C1CC1. The molecule has 18 heavy (non-hydrogen) atoms. The highest BCUT2D eigenvalue weighted by Crippen LogP contribution is 2.27. The average molecular weight is 266 g/mol. The van der Waals surface area contributed by atoms with Crippen LogP contribution in [0.1, 0.15) is 43.0 Å². The van der Waals surface area contributed by atoms with Crippen molar-refractivity contribution < 1.29 is 4.79 Å². The Kier molecular flexibility index (Phi) is 4.79. The van der Waals surface area contributed by atoms with Crippen LogP contribution in [0.2, 0.25) is 5.02 Å². The van der Waals surface area contributed by atoms with Gasteiger partial charge in [-0.2, -0.15) is 0 Å². The standard InChI is InChI=1S/C15H20ClNO/c1-2-3-10-17(12-8-9-12)11-15(18)13-6-4-5-7-14(13)16/h4-7,12H,2-3,8-11H2,1H3. The summed E-state index contributed by atoms with van der Waals surface area (Å²) in [6.07, 6.45) is 4.80. The van der Waals surface area contributed by atoms with Crippen LogP contribution in [0.3, 0.4) is 0 Å². The summed E-state index contributed by atoms with van der Waals surface area (Å²) >= 11 is 6.06. The van der Waals surface area contributed by atoms with E-state index in [2.05, 4.69) is 11.8 Å². The fourth-order valence-electron chi connectivity index (χ4n) is 2.15. The van der Waals surface area contributed by atoms with E-state index < -0.39 is 0 Å². The molecule has 0 aromatic heterocycles. The maximum Gasteiger partial charge on any atom is 0.178 e. The van der Waals surface area contributed by atoms with Crippen molar-refractivity contribution in [2.24, 2.45) is 0 Å². The quantitative estimate of drug-likeness (QED) is 0.699. The van der Waals surface area contributed by atoms with Crippen molar-refractivity contribution in [1.82, 2.24) is 4.90 Å². The summed E-state index contributed by atoms with van der Waals surface area (Å²) in [5, 5.41) is 0.564. The summed E-state index contributed by atoms with van der Waals surface area (Å²) in [6, 6.07) is 7.95. The fraction of sp³-hybridized carbons (Fsp3) is 0.533. The van der Waals surface area contributed by atoms with Crippen LogP contribution in [0.5, 0.6) is 0 Å². The Morgan fingerprint density at radius 1 is 1.39 bits per heavy atom. The smallest absolute Gasteiger partial charge is 0.178 e. The lowest BCUT2D eigenvalue weighted by atomic mass is 10.1. The van der Waals surface area contributed by atoms with Crippen molar-refractivity contribution in [1.29, 1.82) is 0 Å². The highest BCUT2D eigenvalue weighted by molar-refractivity contribution is 6.34. The number of halogens is 1. The Labute approximate surface area is 114 Å². The zero-order chi connectivity index (χ0) is 13.0. The Morgan fingerprint density at radius 2 is 2.11 bits per heavy atom. The topological polar surface area (TPSA) is 20.3 Å². The molecule has 0 N–H and O–H groups in total. The largest absolute Gasteiger partial charge is 0.293 e. The van der Waals surface area contributed by atoms with E-state index in [9.17, 15) is 4.79 Å². The van der Waals surface area contributed by atoms with Gasteiger partial charge in [0.05, 0.1) is 11.6 Å². The van der Waals surface area contributed by atoms with Crippen molar-refractivity contribution in [3.63, 3.8) is 0 Å². The first-order valence-corrected chi connectivity index (χ1v) is 7.12. The van der Waals surface area contributed by atoms with E-state index in [-0.39, 0.29) is 5.78 Å². The average Bonchev–Trinajstić information content (AvgIpc) is 3.19. The first kappa shape index (κ1) is 13.6. The number of benzene rings is 1. The van der Waals surface area contributed by atoms with E-state index in [4.69, 9.17) is 11.6 Å². The molecular formula is C15H20ClNO. The number of Topliss-reactive ketones (excluding diaryl/α,β-unsaturated/α-hetero) is 1. The van der Waals surface area contributed by atoms with Gasteiger partial charge in [-0.1, -0.05) is 37.1 Å². The normalized spacial score (nSPS) is 15.1. The summed E-state index contributed by atoms with van der Waals surface area (Å²) in [5.41, 5.74) is 0.654. The fourth-order valence-corrected chi connectivity index (χ4v) is 2.39. The number of nitrogens with zero attached hydrogens (tertiary/aromatic N) is 1. The third kappa shape index (κ3) is 3.56. The Balaban J connectivity index is 1.98. The van der Waals surface area contributed by atoms with E-state index in [1.54, 1.807) is 6.07 Å². The summed E-state index contributed by atoms with van der Waals surface area (Å²) < 4.78 is 0. The molecule has 0 heterocycles. The van der Waals surface area contributed by atoms with E-state index in [1.807, 2.05) is 18.2 Å². The van der Waals surface area contributed by atoms with Gasteiger partial charge >= 0.3 is 0 Å². The van der Waals surface area contributed by atoms with E-state index in [0.29, 0.717) is 23.2 Å². The highest BCUT2D eigenvalue weighted by Gasteiger charge is 2.30. The van der Waals surface area contributed by atoms with Gasteiger partial charge in [0.15, 0.2) is 5.78 Å². The van der Waals surface area contributed by atoms with Crippen molar-refractivity contribution in [3.8, 4) is 0 Å². The molecule has 0 amide bonds. The third-order valence-corrected chi connectivity index (χ3v) is 3.71. The minimum atomic E-state index is 0.142. The summed E-state index contributed by atoms with van der Waals surface area (Å²) in [4.78, 5) is 14.6. The van der Waals surface area contributed by atoms with Crippen LogP contribution in [-0.2, 0) is 0 Å². The van der Waals surface area contributed by atoms with Gasteiger partial charge in [0.25, 0.3) is 0 Å². The predicted molar refractivity (Wildman–Crippen MR) is 75.3 cm³/mol. The van der Waals surface area contributed by atoms with Crippen LogP contribution in [0.25, 0.3) is 0 Å². The number of hydrogen-bond donors (Lipinski definition) is 0. The summed E-state index contributed by atoms with van der Waals surface area (Å²) in [5.74, 6) is 0.142. The lowest BCUT2D eigenvalue weighted by molar-refractivity contribution is 0.0923. The molecule has 0 bridgehead atoms. The molecule has 1 aromatic rings. The molecule has 0 spiro atoms.